The summed E-state index contributed by atoms with van der Waals surface area (Å²) < 4.78 is 5.13. The highest BCUT2D eigenvalue weighted by atomic mass is 16.5. The minimum absolute atomic E-state index is 0.229. The predicted molar refractivity (Wildman–Crippen MR) is 68.2 cm³/mol. The molecule has 17 heavy (non-hydrogen) atoms. The molecular weight excluding hydrogens is 212 g/mol. The molecule has 1 saturated carbocycles. The number of rotatable bonds is 3. The van der Waals surface area contributed by atoms with Gasteiger partial charge in [0.15, 0.2) is 0 Å². The first kappa shape index (κ1) is 12.2. The van der Waals surface area contributed by atoms with Crippen LogP contribution >= 0.6 is 0 Å². The predicted octanol–water partition coefficient (Wildman–Crippen LogP) is 3.24. The molecule has 0 radical (unpaired) electrons. The molecule has 1 fully saturated rings. The smallest absolute Gasteiger partial charge is 0.136 e. The van der Waals surface area contributed by atoms with Crippen molar-refractivity contribution in [2.24, 2.45) is 11.8 Å². The molecule has 0 saturated heterocycles. The summed E-state index contributed by atoms with van der Waals surface area (Å²) in [5.74, 6) is 2.24. The van der Waals surface area contributed by atoms with E-state index in [9.17, 15) is 4.79 Å². The fourth-order valence-corrected chi connectivity index (χ4v) is 2.57. The Bertz CT molecular complexity index is 380. The van der Waals surface area contributed by atoms with E-state index in [1.165, 1.54) is 5.56 Å². The number of methoxy groups -OCH3 is 1. The number of hydrogen-bond donors (Lipinski definition) is 0. The van der Waals surface area contributed by atoms with Crippen LogP contribution in [0.3, 0.4) is 0 Å². The van der Waals surface area contributed by atoms with E-state index in [1.54, 1.807) is 7.11 Å². The molecule has 1 aliphatic rings. The van der Waals surface area contributed by atoms with E-state index < -0.39 is 0 Å². The van der Waals surface area contributed by atoms with Crippen LogP contribution in [-0.4, -0.2) is 12.9 Å². The van der Waals surface area contributed by atoms with Crippen LogP contribution in [0.25, 0.3) is 0 Å². The number of benzene rings is 1. The molecule has 0 heterocycles. The van der Waals surface area contributed by atoms with Crippen molar-refractivity contribution < 1.29 is 9.53 Å². The van der Waals surface area contributed by atoms with E-state index in [4.69, 9.17) is 4.74 Å². The second kappa shape index (κ2) is 5.35. The zero-order valence-corrected chi connectivity index (χ0v) is 10.6. The lowest BCUT2D eigenvalue weighted by atomic mass is 9.78. The maximum absolute atomic E-state index is 11.8. The van der Waals surface area contributed by atoms with Gasteiger partial charge in [-0.1, -0.05) is 19.1 Å². The minimum atomic E-state index is 0.229. The van der Waals surface area contributed by atoms with Crippen molar-refractivity contribution in [1.82, 2.24) is 0 Å². The van der Waals surface area contributed by atoms with Crippen LogP contribution in [0.1, 0.15) is 31.7 Å². The summed E-state index contributed by atoms with van der Waals surface area (Å²) in [5.41, 5.74) is 1.23. The van der Waals surface area contributed by atoms with Crippen LogP contribution < -0.4 is 4.74 Å². The van der Waals surface area contributed by atoms with Gasteiger partial charge in [-0.25, -0.2) is 0 Å². The molecule has 0 spiro atoms. The molecule has 92 valence electrons. The first-order valence-corrected chi connectivity index (χ1v) is 6.34. The van der Waals surface area contributed by atoms with Crippen LogP contribution in [0.4, 0.5) is 0 Å². The molecule has 1 aliphatic carbocycles. The summed E-state index contributed by atoms with van der Waals surface area (Å²) in [7, 11) is 1.67. The molecule has 2 rings (SSSR count). The first-order chi connectivity index (χ1) is 8.19. The Kier molecular flexibility index (Phi) is 3.82. The highest BCUT2D eigenvalue weighted by molar-refractivity contribution is 5.82. The Labute approximate surface area is 103 Å². The largest absolute Gasteiger partial charge is 0.497 e. The Hall–Kier alpha value is -1.31. The van der Waals surface area contributed by atoms with Gasteiger partial charge in [0.1, 0.15) is 11.5 Å². The number of Topliss-reactive ketones (excluding diaryl/α,β-unsaturated/α-hetero) is 1. The second-order valence-corrected chi connectivity index (χ2v) is 5.09. The highest BCUT2D eigenvalue weighted by Crippen LogP contribution is 2.28. The molecule has 0 bridgehead atoms. The molecule has 1 aromatic carbocycles. The molecule has 0 N–H and O–H groups in total. The van der Waals surface area contributed by atoms with Crippen molar-refractivity contribution in [3.05, 3.63) is 29.8 Å². The Morgan fingerprint density at radius 1 is 1.29 bits per heavy atom. The van der Waals surface area contributed by atoms with Gasteiger partial charge in [0.2, 0.25) is 0 Å². The normalized spacial score (nSPS) is 24.7. The van der Waals surface area contributed by atoms with Gasteiger partial charge in [-0.2, -0.15) is 0 Å². The minimum Gasteiger partial charge on any atom is -0.497 e. The van der Waals surface area contributed by atoms with Crippen molar-refractivity contribution in [3.8, 4) is 5.75 Å². The van der Waals surface area contributed by atoms with Gasteiger partial charge in [0.05, 0.1) is 7.11 Å². The van der Waals surface area contributed by atoms with Crippen molar-refractivity contribution in [2.75, 3.05) is 7.11 Å². The molecule has 0 aliphatic heterocycles. The van der Waals surface area contributed by atoms with Crippen LogP contribution in [0, 0.1) is 11.8 Å². The lowest BCUT2D eigenvalue weighted by molar-refractivity contribution is -0.125. The fourth-order valence-electron chi connectivity index (χ4n) is 2.57. The van der Waals surface area contributed by atoms with Crippen molar-refractivity contribution in [1.29, 1.82) is 0 Å². The fraction of sp³-hybridized carbons (Fsp3) is 0.533. The number of carbonyl (C=O) groups is 1. The van der Waals surface area contributed by atoms with E-state index in [-0.39, 0.29) is 5.92 Å². The van der Waals surface area contributed by atoms with E-state index in [2.05, 4.69) is 19.1 Å². The zero-order valence-electron chi connectivity index (χ0n) is 10.6. The van der Waals surface area contributed by atoms with Crippen LogP contribution in [-0.2, 0) is 11.2 Å². The molecule has 1 aromatic rings. The van der Waals surface area contributed by atoms with Gasteiger partial charge < -0.3 is 4.74 Å². The topological polar surface area (TPSA) is 26.3 Å². The zero-order chi connectivity index (χ0) is 12.3. The summed E-state index contributed by atoms with van der Waals surface area (Å²) in [6.45, 7) is 2.24. The third kappa shape index (κ3) is 3.09. The molecule has 2 unspecified atom stereocenters. The summed E-state index contributed by atoms with van der Waals surface area (Å²) >= 11 is 0. The lowest BCUT2D eigenvalue weighted by Gasteiger charge is -2.25. The van der Waals surface area contributed by atoms with E-state index in [0.29, 0.717) is 11.7 Å². The Balaban J connectivity index is 2.01. The third-order valence-corrected chi connectivity index (χ3v) is 3.67. The maximum atomic E-state index is 11.8. The van der Waals surface area contributed by atoms with E-state index >= 15 is 0 Å². The standard InChI is InChI=1S/C15H20O2/c1-11-3-8-15(16)13(9-11)10-12-4-6-14(17-2)7-5-12/h4-7,11,13H,3,8-10H2,1-2H3. The van der Waals surface area contributed by atoms with Crippen molar-refractivity contribution in [3.63, 3.8) is 0 Å². The number of ketones is 1. The summed E-state index contributed by atoms with van der Waals surface area (Å²) in [6, 6.07) is 8.05. The van der Waals surface area contributed by atoms with E-state index in [1.807, 2.05) is 12.1 Å². The third-order valence-electron chi connectivity index (χ3n) is 3.67. The van der Waals surface area contributed by atoms with Gasteiger partial charge >= 0.3 is 0 Å². The maximum Gasteiger partial charge on any atom is 0.136 e. The van der Waals surface area contributed by atoms with Gasteiger partial charge in [-0.05, 0) is 42.9 Å². The van der Waals surface area contributed by atoms with Gasteiger partial charge in [0, 0.05) is 12.3 Å². The molecule has 2 heteroatoms. The SMILES string of the molecule is COc1ccc(CC2CC(C)CCC2=O)cc1. The van der Waals surface area contributed by atoms with Gasteiger partial charge in [-0.3, -0.25) is 4.79 Å². The van der Waals surface area contributed by atoms with Gasteiger partial charge in [0.25, 0.3) is 0 Å². The van der Waals surface area contributed by atoms with Crippen LogP contribution in [0.15, 0.2) is 24.3 Å². The van der Waals surface area contributed by atoms with Crippen LogP contribution in [0.5, 0.6) is 5.75 Å². The quantitative estimate of drug-likeness (QED) is 0.799. The summed E-state index contributed by atoms with van der Waals surface area (Å²) in [4.78, 5) is 11.8. The van der Waals surface area contributed by atoms with Crippen LogP contribution in [0.2, 0.25) is 0 Å². The highest BCUT2D eigenvalue weighted by Gasteiger charge is 2.26. The Morgan fingerprint density at radius 3 is 2.65 bits per heavy atom. The molecule has 0 amide bonds. The molecular formula is C15H20O2. The lowest BCUT2D eigenvalue weighted by Crippen LogP contribution is -2.25. The molecule has 0 aromatic heterocycles. The van der Waals surface area contributed by atoms with Crippen molar-refractivity contribution >= 4 is 5.78 Å². The average Bonchev–Trinajstić information content (AvgIpc) is 2.35. The first-order valence-electron chi connectivity index (χ1n) is 6.34. The molecule has 2 atom stereocenters. The second-order valence-electron chi connectivity index (χ2n) is 5.09. The number of hydrogen-bond acceptors (Lipinski definition) is 2. The monoisotopic (exact) mass is 232 g/mol. The van der Waals surface area contributed by atoms with Gasteiger partial charge in [-0.15, -0.1) is 0 Å². The summed E-state index contributed by atoms with van der Waals surface area (Å²) in [6.07, 6.45) is 3.76. The summed E-state index contributed by atoms with van der Waals surface area (Å²) in [5, 5.41) is 0. The van der Waals surface area contributed by atoms with Crippen molar-refractivity contribution in [2.45, 2.75) is 32.6 Å². The molecule has 2 nitrogen and oxygen atoms in total. The Morgan fingerprint density at radius 2 is 2.00 bits per heavy atom. The van der Waals surface area contributed by atoms with E-state index in [0.717, 1.165) is 31.4 Å². The number of carbonyl (C=O) groups excluding carboxylic acids is 1. The number of ether oxygens (including phenoxy) is 1. The average molecular weight is 232 g/mol.